The van der Waals surface area contributed by atoms with Gasteiger partial charge in [0, 0.05) is 0 Å². The molecule has 0 radical (unpaired) electrons. The molecule has 1 aromatic heterocycles. The van der Waals surface area contributed by atoms with E-state index in [9.17, 15) is 4.79 Å². The Morgan fingerprint density at radius 2 is 1.84 bits per heavy atom. The maximum absolute atomic E-state index is 12.3. The predicted octanol–water partition coefficient (Wildman–Crippen LogP) is 5.26. The van der Waals surface area contributed by atoms with Crippen LogP contribution in [0.4, 0.5) is 0 Å². The van der Waals surface area contributed by atoms with Crippen molar-refractivity contribution in [3.63, 3.8) is 0 Å². The summed E-state index contributed by atoms with van der Waals surface area (Å²) in [4.78, 5) is 12.3. The molecule has 0 saturated heterocycles. The average Bonchev–Trinajstić information content (AvgIpc) is 3.47. The maximum Gasteiger partial charge on any atom is 0.307 e. The number of hydrogen-bond acceptors (Lipinski definition) is 4. The van der Waals surface area contributed by atoms with Gasteiger partial charge in [0.05, 0.1) is 6.21 Å². The highest BCUT2D eigenvalue weighted by molar-refractivity contribution is 5.93. The first-order valence-electron chi connectivity index (χ1n) is 10.4. The van der Waals surface area contributed by atoms with Crippen LogP contribution in [0.5, 0.6) is 5.75 Å². The van der Waals surface area contributed by atoms with Gasteiger partial charge in [0.25, 0.3) is 0 Å². The Bertz CT molecular complexity index is 1270. The number of aryl methyl sites for hydroxylation is 2. The van der Waals surface area contributed by atoms with Crippen LogP contribution in [-0.4, -0.2) is 12.1 Å². The molecular formula is C26H22N2O3. The van der Waals surface area contributed by atoms with E-state index in [0.717, 1.165) is 34.9 Å². The Morgan fingerprint density at radius 3 is 2.77 bits per heavy atom. The number of nitrogens with one attached hydrogen (secondary N) is 1. The van der Waals surface area contributed by atoms with Crippen molar-refractivity contribution in [3.8, 4) is 5.75 Å². The second kappa shape index (κ2) is 8.48. The Labute approximate surface area is 180 Å². The lowest BCUT2D eigenvalue weighted by molar-refractivity contribution is 0.0923. The van der Waals surface area contributed by atoms with Gasteiger partial charge < -0.3 is 9.15 Å². The Kier molecular flexibility index (Phi) is 5.23. The van der Waals surface area contributed by atoms with Crippen LogP contribution in [0.25, 0.3) is 10.8 Å². The van der Waals surface area contributed by atoms with Crippen LogP contribution in [-0.2, 0) is 19.4 Å². The normalized spacial score (nSPS) is 12.9. The van der Waals surface area contributed by atoms with Crippen molar-refractivity contribution in [3.05, 3.63) is 101 Å². The molecule has 0 unspecified atom stereocenters. The molecule has 1 heterocycles. The van der Waals surface area contributed by atoms with Gasteiger partial charge in [-0.05, 0) is 77.1 Å². The van der Waals surface area contributed by atoms with Gasteiger partial charge in [0.15, 0.2) is 5.76 Å². The number of fused-ring (bicyclic) bond motifs is 2. The quantitative estimate of drug-likeness (QED) is 0.348. The van der Waals surface area contributed by atoms with Crippen LogP contribution < -0.4 is 10.2 Å². The minimum absolute atomic E-state index is 0.197. The molecule has 1 aliphatic carbocycles. The zero-order valence-corrected chi connectivity index (χ0v) is 17.0. The summed E-state index contributed by atoms with van der Waals surface area (Å²) in [6.45, 7) is 0.270. The fourth-order valence-corrected chi connectivity index (χ4v) is 3.88. The largest absolute Gasteiger partial charge is 0.486 e. The molecule has 1 aliphatic rings. The van der Waals surface area contributed by atoms with Gasteiger partial charge >= 0.3 is 5.91 Å². The molecule has 0 fully saturated rings. The second-order valence-electron chi connectivity index (χ2n) is 7.64. The molecule has 5 rings (SSSR count). The molecule has 5 nitrogen and oxygen atoms in total. The zero-order chi connectivity index (χ0) is 21.0. The number of rotatable bonds is 6. The van der Waals surface area contributed by atoms with E-state index in [1.165, 1.54) is 17.5 Å². The SMILES string of the molecule is O=C(N/N=C/c1ccc2ccccc2c1)c1ccc(COc2ccc3c(c2)CCC3)o1. The highest BCUT2D eigenvalue weighted by Crippen LogP contribution is 2.26. The molecule has 0 spiro atoms. The van der Waals surface area contributed by atoms with Crippen molar-refractivity contribution in [1.82, 2.24) is 5.43 Å². The van der Waals surface area contributed by atoms with E-state index in [2.05, 4.69) is 28.7 Å². The average molecular weight is 410 g/mol. The lowest BCUT2D eigenvalue weighted by Gasteiger charge is -2.06. The van der Waals surface area contributed by atoms with Gasteiger partial charge in [-0.2, -0.15) is 5.10 Å². The summed E-state index contributed by atoms with van der Waals surface area (Å²) in [6, 6.07) is 23.7. The molecule has 0 aliphatic heterocycles. The minimum atomic E-state index is -0.402. The lowest BCUT2D eigenvalue weighted by atomic mass is 10.1. The lowest BCUT2D eigenvalue weighted by Crippen LogP contribution is -2.16. The van der Waals surface area contributed by atoms with Crippen LogP contribution in [0.15, 0.2) is 82.3 Å². The van der Waals surface area contributed by atoms with Crippen molar-refractivity contribution in [2.45, 2.75) is 25.9 Å². The summed E-state index contributed by atoms with van der Waals surface area (Å²) in [5.74, 6) is 1.20. The first-order valence-corrected chi connectivity index (χ1v) is 10.4. The number of furan rings is 1. The second-order valence-corrected chi connectivity index (χ2v) is 7.64. The predicted molar refractivity (Wildman–Crippen MR) is 121 cm³/mol. The zero-order valence-electron chi connectivity index (χ0n) is 17.0. The third-order valence-electron chi connectivity index (χ3n) is 5.49. The van der Waals surface area contributed by atoms with E-state index in [-0.39, 0.29) is 12.4 Å². The van der Waals surface area contributed by atoms with E-state index >= 15 is 0 Å². The molecule has 0 atom stereocenters. The summed E-state index contributed by atoms with van der Waals surface area (Å²) >= 11 is 0. The number of nitrogens with zero attached hydrogens (tertiary/aromatic N) is 1. The van der Waals surface area contributed by atoms with Crippen LogP contribution >= 0.6 is 0 Å². The molecule has 31 heavy (non-hydrogen) atoms. The number of ether oxygens (including phenoxy) is 1. The van der Waals surface area contributed by atoms with Crippen LogP contribution in [0, 0.1) is 0 Å². The third-order valence-corrected chi connectivity index (χ3v) is 5.49. The maximum atomic E-state index is 12.3. The van der Waals surface area contributed by atoms with E-state index in [1.807, 2.05) is 42.5 Å². The van der Waals surface area contributed by atoms with E-state index < -0.39 is 5.91 Å². The Hall–Kier alpha value is -3.86. The van der Waals surface area contributed by atoms with Crippen molar-refractivity contribution in [1.29, 1.82) is 0 Å². The van der Waals surface area contributed by atoms with E-state index in [0.29, 0.717) is 5.76 Å². The summed E-state index contributed by atoms with van der Waals surface area (Å²) in [5.41, 5.74) is 6.18. The molecular weight excluding hydrogens is 388 g/mol. The molecule has 3 aromatic carbocycles. The molecule has 154 valence electrons. The molecule has 0 bridgehead atoms. The molecule has 5 heteroatoms. The number of carbonyl (C=O) groups excluding carboxylic acids is 1. The number of carbonyl (C=O) groups is 1. The standard InChI is InChI=1S/C26H22N2O3/c29-26(28-27-16-18-8-9-19-4-1-2-5-21(19)14-18)25-13-12-24(31-25)17-30-23-11-10-20-6-3-7-22(20)15-23/h1-2,4-5,8-16H,3,6-7,17H2,(H,28,29)/b27-16+. The fraction of sp³-hybridized carbons (Fsp3) is 0.154. The molecule has 4 aromatic rings. The Morgan fingerprint density at radius 1 is 0.968 bits per heavy atom. The van der Waals surface area contributed by atoms with Crippen LogP contribution in [0.3, 0.4) is 0 Å². The highest BCUT2D eigenvalue weighted by Gasteiger charge is 2.13. The smallest absolute Gasteiger partial charge is 0.307 e. The van der Waals surface area contributed by atoms with Gasteiger partial charge in [-0.25, -0.2) is 5.43 Å². The number of hydrazone groups is 1. The molecule has 0 saturated carbocycles. The molecule has 1 amide bonds. The van der Waals surface area contributed by atoms with Crippen molar-refractivity contribution in [2.24, 2.45) is 5.10 Å². The number of hydrogen-bond donors (Lipinski definition) is 1. The monoisotopic (exact) mass is 410 g/mol. The first kappa shape index (κ1) is 19.1. The summed E-state index contributed by atoms with van der Waals surface area (Å²) in [7, 11) is 0. The third kappa shape index (κ3) is 4.36. The van der Waals surface area contributed by atoms with Gasteiger partial charge in [-0.15, -0.1) is 0 Å². The number of amides is 1. The fourth-order valence-electron chi connectivity index (χ4n) is 3.88. The summed E-state index contributed by atoms with van der Waals surface area (Å²) in [6.07, 6.45) is 5.08. The minimum Gasteiger partial charge on any atom is -0.486 e. The summed E-state index contributed by atoms with van der Waals surface area (Å²) < 4.78 is 11.4. The topological polar surface area (TPSA) is 63.8 Å². The van der Waals surface area contributed by atoms with Crippen LogP contribution in [0.1, 0.15) is 39.4 Å². The highest BCUT2D eigenvalue weighted by atomic mass is 16.5. The van der Waals surface area contributed by atoms with Crippen molar-refractivity contribution in [2.75, 3.05) is 0 Å². The van der Waals surface area contributed by atoms with Gasteiger partial charge in [0.2, 0.25) is 0 Å². The van der Waals surface area contributed by atoms with Gasteiger partial charge in [-0.3, -0.25) is 4.79 Å². The summed E-state index contributed by atoms with van der Waals surface area (Å²) in [5, 5.41) is 6.33. The first-order chi connectivity index (χ1) is 15.2. The van der Waals surface area contributed by atoms with Crippen molar-refractivity contribution >= 4 is 22.9 Å². The Balaban J connectivity index is 1.17. The van der Waals surface area contributed by atoms with E-state index in [4.69, 9.17) is 9.15 Å². The van der Waals surface area contributed by atoms with Gasteiger partial charge in [0.1, 0.15) is 18.1 Å². The number of benzene rings is 3. The van der Waals surface area contributed by atoms with Crippen molar-refractivity contribution < 1.29 is 13.9 Å². The van der Waals surface area contributed by atoms with E-state index in [1.54, 1.807) is 18.3 Å². The molecule has 1 N–H and O–H groups in total. The van der Waals surface area contributed by atoms with Crippen LogP contribution in [0.2, 0.25) is 0 Å². The van der Waals surface area contributed by atoms with Gasteiger partial charge in [-0.1, -0.05) is 42.5 Å².